The molecule has 1 aromatic heterocycles. The van der Waals surface area contributed by atoms with Gasteiger partial charge in [-0.2, -0.15) is 5.10 Å². The molecular formula is C18H20ClN3O3S. The van der Waals surface area contributed by atoms with Crippen molar-refractivity contribution in [1.82, 2.24) is 9.78 Å². The molecule has 0 bridgehead atoms. The summed E-state index contributed by atoms with van der Waals surface area (Å²) in [5, 5.41) is 7.86. The van der Waals surface area contributed by atoms with Crippen molar-refractivity contribution in [3.05, 3.63) is 46.2 Å². The lowest BCUT2D eigenvalue weighted by atomic mass is 9.95. The zero-order chi connectivity index (χ0) is 18.3. The van der Waals surface area contributed by atoms with E-state index in [0.717, 1.165) is 36.9 Å². The molecule has 4 rings (SSSR count). The summed E-state index contributed by atoms with van der Waals surface area (Å²) in [6.45, 7) is 0. The van der Waals surface area contributed by atoms with Crippen LogP contribution in [-0.4, -0.2) is 35.6 Å². The molecule has 1 fully saturated rings. The van der Waals surface area contributed by atoms with E-state index < -0.39 is 9.84 Å². The Morgan fingerprint density at radius 1 is 1.23 bits per heavy atom. The lowest BCUT2D eigenvalue weighted by Crippen LogP contribution is -2.17. The van der Waals surface area contributed by atoms with Crippen LogP contribution in [0.5, 0.6) is 0 Å². The number of carbonyl (C=O) groups is 1. The normalized spacial score (nSPS) is 21.3. The molecule has 0 radical (unpaired) electrons. The van der Waals surface area contributed by atoms with Crippen LogP contribution in [0.2, 0.25) is 5.02 Å². The molecule has 26 heavy (non-hydrogen) atoms. The van der Waals surface area contributed by atoms with Crippen LogP contribution in [0.25, 0.3) is 0 Å². The van der Waals surface area contributed by atoms with Crippen LogP contribution in [-0.2, 0) is 22.7 Å². The van der Waals surface area contributed by atoms with Crippen LogP contribution >= 0.6 is 11.6 Å². The zero-order valence-electron chi connectivity index (χ0n) is 14.2. The number of hydrogen-bond acceptors (Lipinski definition) is 4. The molecule has 1 aromatic carbocycles. The van der Waals surface area contributed by atoms with E-state index >= 15 is 0 Å². The molecule has 6 nitrogen and oxygen atoms in total. The maximum absolute atomic E-state index is 12.8. The van der Waals surface area contributed by atoms with Gasteiger partial charge in [0.2, 0.25) is 0 Å². The van der Waals surface area contributed by atoms with E-state index in [2.05, 4.69) is 10.4 Å². The number of halogens is 1. The van der Waals surface area contributed by atoms with E-state index in [1.807, 2.05) is 0 Å². The van der Waals surface area contributed by atoms with Gasteiger partial charge in [-0.25, -0.2) is 8.42 Å². The van der Waals surface area contributed by atoms with Gasteiger partial charge in [-0.1, -0.05) is 23.7 Å². The number of benzene rings is 1. The van der Waals surface area contributed by atoms with Crippen molar-refractivity contribution in [2.45, 2.75) is 38.1 Å². The molecule has 2 aromatic rings. The van der Waals surface area contributed by atoms with Gasteiger partial charge in [0.05, 0.1) is 28.3 Å². The first-order chi connectivity index (χ1) is 12.4. The van der Waals surface area contributed by atoms with Gasteiger partial charge in [0.25, 0.3) is 5.91 Å². The number of rotatable bonds is 3. The molecule has 1 amide bonds. The number of fused-ring (bicyclic) bond motifs is 1. The predicted octanol–water partition coefficient (Wildman–Crippen LogP) is 3.03. The number of amides is 1. The van der Waals surface area contributed by atoms with Crippen molar-refractivity contribution in [2.24, 2.45) is 0 Å². The van der Waals surface area contributed by atoms with Crippen molar-refractivity contribution >= 4 is 33.0 Å². The third-order valence-corrected chi connectivity index (χ3v) is 7.18. The molecule has 0 saturated carbocycles. The Kier molecular flexibility index (Phi) is 4.52. The summed E-state index contributed by atoms with van der Waals surface area (Å²) in [4.78, 5) is 12.8. The fourth-order valence-corrected chi connectivity index (χ4v) is 5.70. The number of sulfone groups is 1. The Hall–Kier alpha value is -1.86. The average Bonchev–Trinajstić information content (AvgIpc) is 3.17. The third kappa shape index (κ3) is 3.25. The topological polar surface area (TPSA) is 81.1 Å². The molecule has 2 aliphatic rings. The van der Waals surface area contributed by atoms with Gasteiger partial charge in [-0.05, 0) is 44.2 Å². The highest BCUT2D eigenvalue weighted by molar-refractivity contribution is 7.91. The van der Waals surface area contributed by atoms with Crippen molar-refractivity contribution < 1.29 is 13.2 Å². The standard InChI is InChI=1S/C18H20ClN3O3S/c19-14-6-2-3-7-15(14)20-18(23)17-13-5-1-4-8-16(13)22(21-17)12-9-10-26(24,25)11-12/h2-3,6-7,12H,1,4-5,8-11H2,(H,20,23)/t12-/m0/s1. The van der Waals surface area contributed by atoms with Crippen molar-refractivity contribution in [3.8, 4) is 0 Å². The number of hydrogen-bond donors (Lipinski definition) is 1. The maximum Gasteiger partial charge on any atom is 0.276 e. The second kappa shape index (κ2) is 6.70. The SMILES string of the molecule is O=C(Nc1ccccc1Cl)c1nn([C@H]2CCS(=O)(=O)C2)c2c1CCCC2. The molecule has 138 valence electrons. The lowest BCUT2D eigenvalue weighted by molar-refractivity contribution is 0.102. The van der Waals surface area contributed by atoms with Gasteiger partial charge in [0, 0.05) is 11.3 Å². The number of anilines is 1. The Balaban J connectivity index is 1.68. The van der Waals surface area contributed by atoms with Crippen molar-refractivity contribution in [2.75, 3.05) is 16.8 Å². The fourth-order valence-electron chi connectivity index (χ4n) is 3.82. The van der Waals surface area contributed by atoms with E-state index in [0.29, 0.717) is 22.8 Å². The molecular weight excluding hydrogens is 374 g/mol. The number of nitrogens with zero attached hydrogens (tertiary/aromatic N) is 2. The Morgan fingerprint density at radius 2 is 2.00 bits per heavy atom. The molecule has 2 heterocycles. The maximum atomic E-state index is 12.8. The molecule has 1 aliphatic carbocycles. The minimum atomic E-state index is -3.01. The summed E-state index contributed by atoms with van der Waals surface area (Å²) < 4.78 is 25.5. The molecule has 1 saturated heterocycles. The lowest BCUT2D eigenvalue weighted by Gasteiger charge is -2.17. The first-order valence-electron chi connectivity index (χ1n) is 8.81. The monoisotopic (exact) mass is 393 g/mol. The third-order valence-electron chi connectivity index (χ3n) is 5.10. The second-order valence-electron chi connectivity index (χ2n) is 6.92. The summed E-state index contributed by atoms with van der Waals surface area (Å²) in [5.41, 5.74) is 2.90. The van der Waals surface area contributed by atoms with Gasteiger partial charge >= 0.3 is 0 Å². The molecule has 1 aliphatic heterocycles. The van der Waals surface area contributed by atoms with Crippen LogP contribution in [0.4, 0.5) is 5.69 Å². The molecule has 0 spiro atoms. The number of para-hydroxylation sites is 1. The van der Waals surface area contributed by atoms with Crippen LogP contribution < -0.4 is 5.32 Å². The Labute approximate surface area is 157 Å². The van der Waals surface area contributed by atoms with Crippen LogP contribution in [0.15, 0.2) is 24.3 Å². The highest BCUT2D eigenvalue weighted by Gasteiger charge is 2.34. The van der Waals surface area contributed by atoms with Crippen molar-refractivity contribution in [1.29, 1.82) is 0 Å². The highest BCUT2D eigenvalue weighted by atomic mass is 35.5. The van der Waals surface area contributed by atoms with Crippen LogP contribution in [0.3, 0.4) is 0 Å². The molecule has 1 N–H and O–H groups in total. The zero-order valence-corrected chi connectivity index (χ0v) is 15.8. The van der Waals surface area contributed by atoms with Gasteiger partial charge in [-0.15, -0.1) is 0 Å². The minimum Gasteiger partial charge on any atom is -0.319 e. The average molecular weight is 394 g/mol. The van der Waals surface area contributed by atoms with E-state index in [-0.39, 0.29) is 23.5 Å². The summed E-state index contributed by atoms with van der Waals surface area (Å²) >= 11 is 6.13. The summed E-state index contributed by atoms with van der Waals surface area (Å²) in [6, 6.07) is 6.89. The second-order valence-corrected chi connectivity index (χ2v) is 9.55. The molecule has 1 atom stereocenters. The predicted molar refractivity (Wildman–Crippen MR) is 101 cm³/mol. The Morgan fingerprint density at radius 3 is 2.73 bits per heavy atom. The van der Waals surface area contributed by atoms with E-state index in [1.165, 1.54) is 0 Å². The smallest absolute Gasteiger partial charge is 0.276 e. The number of carbonyl (C=O) groups excluding carboxylic acids is 1. The van der Waals surface area contributed by atoms with Crippen LogP contribution in [0, 0.1) is 0 Å². The van der Waals surface area contributed by atoms with Gasteiger partial charge in [0.1, 0.15) is 0 Å². The Bertz CT molecular complexity index is 968. The first-order valence-corrected chi connectivity index (χ1v) is 11.0. The summed E-state index contributed by atoms with van der Waals surface area (Å²) in [5.74, 6) is -0.00369. The van der Waals surface area contributed by atoms with E-state index in [1.54, 1.807) is 28.9 Å². The number of aromatic nitrogens is 2. The largest absolute Gasteiger partial charge is 0.319 e. The number of nitrogens with one attached hydrogen (secondary N) is 1. The quantitative estimate of drug-likeness (QED) is 0.869. The van der Waals surface area contributed by atoms with Crippen molar-refractivity contribution in [3.63, 3.8) is 0 Å². The highest BCUT2D eigenvalue weighted by Crippen LogP contribution is 2.32. The van der Waals surface area contributed by atoms with Crippen LogP contribution in [0.1, 0.15) is 47.1 Å². The fraction of sp³-hybridized carbons (Fsp3) is 0.444. The summed E-state index contributed by atoms with van der Waals surface area (Å²) in [6.07, 6.45) is 4.22. The van der Waals surface area contributed by atoms with Gasteiger partial charge in [-0.3, -0.25) is 9.48 Å². The van der Waals surface area contributed by atoms with E-state index in [9.17, 15) is 13.2 Å². The molecule has 0 unspecified atom stereocenters. The summed E-state index contributed by atoms with van der Waals surface area (Å²) in [7, 11) is -3.01. The van der Waals surface area contributed by atoms with Gasteiger partial charge in [0.15, 0.2) is 15.5 Å². The van der Waals surface area contributed by atoms with Gasteiger partial charge < -0.3 is 5.32 Å². The molecule has 8 heteroatoms. The van der Waals surface area contributed by atoms with E-state index in [4.69, 9.17) is 11.6 Å². The minimum absolute atomic E-state index is 0.104. The first kappa shape index (κ1) is 17.5.